The first-order valence-corrected chi connectivity index (χ1v) is 6.74. The van der Waals surface area contributed by atoms with Crippen LogP contribution >= 0.6 is 11.3 Å². The summed E-state index contributed by atoms with van der Waals surface area (Å²) in [6, 6.07) is 6.06. The zero-order valence-electron chi connectivity index (χ0n) is 10.0. The van der Waals surface area contributed by atoms with Gasteiger partial charge in [-0.25, -0.2) is 4.98 Å². The molecule has 0 fully saturated rings. The van der Waals surface area contributed by atoms with Gasteiger partial charge in [0.25, 0.3) is 0 Å². The Morgan fingerprint density at radius 2 is 2.37 bits per heavy atom. The number of hydrogen-bond donors (Lipinski definition) is 2. The number of benzene rings is 1. The van der Waals surface area contributed by atoms with Gasteiger partial charge in [0, 0.05) is 12.2 Å². The third-order valence-electron chi connectivity index (χ3n) is 3.06. The Balaban J connectivity index is 1.88. The molecule has 2 heterocycles. The summed E-state index contributed by atoms with van der Waals surface area (Å²) in [5.74, 6) is 0. The van der Waals surface area contributed by atoms with Crippen LogP contribution in [0.3, 0.4) is 0 Å². The van der Waals surface area contributed by atoms with Gasteiger partial charge in [-0.05, 0) is 41.5 Å². The van der Waals surface area contributed by atoms with E-state index in [1.54, 1.807) is 0 Å². The van der Waals surface area contributed by atoms with Crippen molar-refractivity contribution in [2.75, 3.05) is 11.9 Å². The van der Waals surface area contributed by atoms with Gasteiger partial charge in [-0.15, -0.1) is 0 Å². The minimum absolute atomic E-state index is 0.0500. The molecule has 0 saturated carbocycles. The fraction of sp³-hybridized carbons (Fsp3) is 0.250. The van der Waals surface area contributed by atoms with E-state index in [0.29, 0.717) is 5.13 Å². The molecule has 6 nitrogen and oxygen atoms in total. The van der Waals surface area contributed by atoms with E-state index in [2.05, 4.69) is 21.7 Å². The van der Waals surface area contributed by atoms with Gasteiger partial charge in [0.15, 0.2) is 5.13 Å². The molecule has 3 rings (SSSR count). The number of thiazole rings is 1. The van der Waals surface area contributed by atoms with Gasteiger partial charge in [0.05, 0.1) is 4.92 Å². The van der Waals surface area contributed by atoms with Gasteiger partial charge < -0.3 is 10.6 Å². The summed E-state index contributed by atoms with van der Waals surface area (Å²) in [4.78, 5) is 14.2. The topological polar surface area (TPSA) is 80.1 Å². The zero-order chi connectivity index (χ0) is 13.2. The molecule has 0 atom stereocenters. The Morgan fingerprint density at radius 3 is 3.16 bits per heavy atom. The van der Waals surface area contributed by atoms with Crippen molar-refractivity contribution < 1.29 is 4.92 Å². The highest BCUT2D eigenvalue weighted by atomic mass is 32.1. The third kappa shape index (κ3) is 2.42. The largest absolute Gasteiger partial charge is 0.345 e. The number of nitro groups is 1. The van der Waals surface area contributed by atoms with Gasteiger partial charge in [-0.2, -0.15) is 0 Å². The second-order valence-electron chi connectivity index (χ2n) is 4.26. The summed E-state index contributed by atoms with van der Waals surface area (Å²) >= 11 is 1.05. The summed E-state index contributed by atoms with van der Waals surface area (Å²) in [7, 11) is 0. The van der Waals surface area contributed by atoms with Crippen LogP contribution in [-0.4, -0.2) is 16.5 Å². The van der Waals surface area contributed by atoms with Crippen LogP contribution in [0.2, 0.25) is 0 Å². The highest BCUT2D eigenvalue weighted by molar-refractivity contribution is 7.18. The molecule has 98 valence electrons. The molecular weight excluding hydrogens is 264 g/mol. The van der Waals surface area contributed by atoms with Gasteiger partial charge in [0.2, 0.25) is 0 Å². The van der Waals surface area contributed by atoms with Crippen LogP contribution in [0.15, 0.2) is 24.4 Å². The molecule has 1 aromatic carbocycles. The Morgan fingerprint density at radius 1 is 1.47 bits per heavy atom. The smallest absolute Gasteiger partial charge is 0.331 e. The van der Waals surface area contributed by atoms with Crippen LogP contribution < -0.4 is 10.6 Å². The molecule has 0 amide bonds. The maximum absolute atomic E-state index is 10.6. The number of nitrogens with one attached hydrogen (secondary N) is 2. The van der Waals surface area contributed by atoms with E-state index in [1.807, 2.05) is 12.1 Å². The van der Waals surface area contributed by atoms with Gasteiger partial charge in [-0.3, -0.25) is 10.1 Å². The van der Waals surface area contributed by atoms with E-state index < -0.39 is 4.92 Å². The number of rotatable bonds is 3. The summed E-state index contributed by atoms with van der Waals surface area (Å²) in [6.07, 6.45) is 2.23. The van der Waals surface area contributed by atoms with Crippen LogP contribution in [0.25, 0.3) is 0 Å². The number of hydrogen-bond acceptors (Lipinski definition) is 6. The van der Waals surface area contributed by atoms with E-state index in [4.69, 9.17) is 0 Å². The highest BCUT2D eigenvalue weighted by Gasteiger charge is 2.15. The van der Waals surface area contributed by atoms with Gasteiger partial charge >= 0.3 is 5.00 Å². The average molecular weight is 276 g/mol. The first kappa shape index (κ1) is 12.1. The third-order valence-corrected chi connectivity index (χ3v) is 3.92. The van der Waals surface area contributed by atoms with E-state index in [1.165, 1.54) is 17.3 Å². The minimum Gasteiger partial charge on any atom is -0.331 e. The lowest BCUT2D eigenvalue weighted by atomic mass is 9.99. The fourth-order valence-electron chi connectivity index (χ4n) is 2.17. The lowest BCUT2D eigenvalue weighted by Gasteiger charge is -2.20. The number of fused-ring (bicyclic) bond motifs is 1. The standard InChI is InChI=1S/C12H12N4O2S/c17-16(18)11-7-14-12(19-11)15-10-3-1-2-8-6-13-5-4-9(8)10/h1-3,7,13H,4-6H2,(H,14,15). The Bertz CT molecular complexity index is 626. The molecule has 2 N–H and O–H groups in total. The normalized spacial score (nSPS) is 13.9. The van der Waals surface area contributed by atoms with E-state index in [-0.39, 0.29) is 5.00 Å². The molecule has 1 aliphatic heterocycles. The predicted octanol–water partition coefficient (Wildman–Crippen LogP) is 2.44. The van der Waals surface area contributed by atoms with Gasteiger partial charge in [0.1, 0.15) is 6.20 Å². The summed E-state index contributed by atoms with van der Waals surface area (Å²) in [6.45, 7) is 1.81. The van der Waals surface area contributed by atoms with E-state index in [0.717, 1.165) is 36.5 Å². The van der Waals surface area contributed by atoms with E-state index in [9.17, 15) is 10.1 Å². The van der Waals surface area contributed by atoms with Crippen LogP contribution in [-0.2, 0) is 13.0 Å². The van der Waals surface area contributed by atoms with Crippen molar-refractivity contribution in [1.29, 1.82) is 0 Å². The molecule has 0 saturated heterocycles. The quantitative estimate of drug-likeness (QED) is 0.665. The Kier molecular flexibility index (Phi) is 3.14. The van der Waals surface area contributed by atoms with Crippen molar-refractivity contribution in [3.63, 3.8) is 0 Å². The molecule has 1 aromatic heterocycles. The predicted molar refractivity (Wildman–Crippen MR) is 73.9 cm³/mol. The highest BCUT2D eigenvalue weighted by Crippen LogP contribution is 2.30. The number of nitrogens with zero attached hydrogens (tertiary/aromatic N) is 2. The average Bonchev–Trinajstić information content (AvgIpc) is 2.88. The lowest BCUT2D eigenvalue weighted by Crippen LogP contribution is -2.24. The Labute approximate surface area is 113 Å². The fourth-order valence-corrected chi connectivity index (χ4v) is 2.82. The molecule has 0 radical (unpaired) electrons. The first-order chi connectivity index (χ1) is 9.24. The van der Waals surface area contributed by atoms with Crippen LogP contribution in [0.4, 0.5) is 15.8 Å². The molecular formula is C12H12N4O2S. The molecule has 2 aromatic rings. The SMILES string of the molecule is O=[N+]([O-])c1cnc(Nc2cccc3c2CCNC3)s1. The maximum atomic E-state index is 10.6. The van der Waals surface area contributed by atoms with Crippen molar-refractivity contribution in [3.05, 3.63) is 45.6 Å². The monoisotopic (exact) mass is 276 g/mol. The summed E-state index contributed by atoms with van der Waals surface area (Å²) < 4.78 is 0. The number of anilines is 2. The second kappa shape index (κ2) is 4.94. The first-order valence-electron chi connectivity index (χ1n) is 5.93. The molecule has 0 bridgehead atoms. The molecule has 7 heteroatoms. The van der Waals surface area contributed by atoms with Crippen molar-refractivity contribution in [2.24, 2.45) is 0 Å². The van der Waals surface area contributed by atoms with Gasteiger partial charge in [-0.1, -0.05) is 12.1 Å². The minimum atomic E-state index is -0.423. The van der Waals surface area contributed by atoms with Crippen LogP contribution in [0.5, 0.6) is 0 Å². The molecule has 0 aliphatic carbocycles. The summed E-state index contributed by atoms with van der Waals surface area (Å²) in [5.41, 5.74) is 3.52. The number of aromatic nitrogens is 1. The molecule has 0 unspecified atom stereocenters. The maximum Gasteiger partial charge on any atom is 0.345 e. The van der Waals surface area contributed by atoms with Crippen LogP contribution in [0, 0.1) is 10.1 Å². The van der Waals surface area contributed by atoms with Crippen molar-refractivity contribution in [2.45, 2.75) is 13.0 Å². The Hall–Kier alpha value is -1.99. The van der Waals surface area contributed by atoms with Crippen molar-refractivity contribution in [3.8, 4) is 0 Å². The second-order valence-corrected chi connectivity index (χ2v) is 5.26. The van der Waals surface area contributed by atoms with Crippen molar-refractivity contribution >= 4 is 27.2 Å². The zero-order valence-corrected chi connectivity index (χ0v) is 10.9. The van der Waals surface area contributed by atoms with Crippen LogP contribution in [0.1, 0.15) is 11.1 Å². The molecule has 0 spiro atoms. The summed E-state index contributed by atoms with van der Waals surface area (Å²) in [5, 5.41) is 17.7. The molecule has 19 heavy (non-hydrogen) atoms. The van der Waals surface area contributed by atoms with Crippen molar-refractivity contribution in [1.82, 2.24) is 10.3 Å². The molecule has 1 aliphatic rings. The lowest BCUT2D eigenvalue weighted by molar-refractivity contribution is -0.380. The van der Waals surface area contributed by atoms with E-state index >= 15 is 0 Å².